The molecule has 84 valence electrons. The molecule has 0 saturated heterocycles. The van der Waals surface area contributed by atoms with Crippen LogP contribution in [0.25, 0.3) is 0 Å². The molecule has 0 aliphatic carbocycles. The first kappa shape index (κ1) is 12.8. The van der Waals surface area contributed by atoms with Crippen molar-refractivity contribution in [1.29, 1.82) is 0 Å². The maximum atomic E-state index is 5.96. The molecular weight excluding hydrogens is 229 g/mol. The number of alkyl halides is 1. The number of hydrogen-bond donors (Lipinski definition) is 1. The summed E-state index contributed by atoms with van der Waals surface area (Å²) in [5, 5.41) is 4.21. The molecule has 0 aliphatic rings. The van der Waals surface area contributed by atoms with Gasteiger partial charge in [-0.25, -0.2) is 0 Å². The van der Waals surface area contributed by atoms with Crippen molar-refractivity contribution in [2.75, 3.05) is 5.88 Å². The highest BCUT2D eigenvalue weighted by Crippen LogP contribution is 2.16. The fraction of sp³-hybridized carbons (Fsp3) is 0.500. The predicted octanol–water partition coefficient (Wildman–Crippen LogP) is 3.76. The molecule has 0 atom stereocenters. The van der Waals surface area contributed by atoms with E-state index in [1.54, 1.807) is 0 Å². The minimum Gasteiger partial charge on any atom is -0.307 e. The summed E-state index contributed by atoms with van der Waals surface area (Å²) < 4.78 is 0. The molecule has 0 amide bonds. The van der Waals surface area contributed by atoms with Gasteiger partial charge >= 0.3 is 0 Å². The van der Waals surface area contributed by atoms with Crippen LogP contribution in [0.4, 0.5) is 0 Å². The van der Waals surface area contributed by atoms with Crippen molar-refractivity contribution in [3.63, 3.8) is 0 Å². The Labute approximate surface area is 102 Å². The SMILES string of the molecule is Cc1cc(CNC(C)(C)CCl)ccc1Cl. The molecule has 0 fully saturated rings. The van der Waals surface area contributed by atoms with Gasteiger partial charge in [0.05, 0.1) is 0 Å². The summed E-state index contributed by atoms with van der Waals surface area (Å²) in [4.78, 5) is 0. The summed E-state index contributed by atoms with van der Waals surface area (Å²) in [6.45, 7) is 7.00. The molecule has 1 N–H and O–H groups in total. The topological polar surface area (TPSA) is 12.0 Å². The summed E-state index contributed by atoms with van der Waals surface area (Å²) in [7, 11) is 0. The highest BCUT2D eigenvalue weighted by Gasteiger charge is 2.14. The molecule has 15 heavy (non-hydrogen) atoms. The Bertz CT molecular complexity index is 334. The molecule has 0 saturated carbocycles. The number of benzene rings is 1. The van der Waals surface area contributed by atoms with Crippen LogP contribution in [0.3, 0.4) is 0 Å². The largest absolute Gasteiger partial charge is 0.307 e. The Morgan fingerprint density at radius 2 is 2.00 bits per heavy atom. The molecule has 0 heterocycles. The van der Waals surface area contributed by atoms with Gasteiger partial charge in [0.2, 0.25) is 0 Å². The molecule has 0 aromatic heterocycles. The molecule has 0 bridgehead atoms. The van der Waals surface area contributed by atoms with Gasteiger partial charge in [-0.2, -0.15) is 0 Å². The average Bonchev–Trinajstić information content (AvgIpc) is 2.20. The first-order valence-electron chi connectivity index (χ1n) is 5.00. The maximum Gasteiger partial charge on any atom is 0.0435 e. The molecule has 1 aromatic carbocycles. The highest BCUT2D eigenvalue weighted by atomic mass is 35.5. The molecule has 0 spiro atoms. The molecule has 3 heteroatoms. The Hall–Kier alpha value is -0.240. The summed E-state index contributed by atoms with van der Waals surface area (Å²) >= 11 is 11.8. The first-order chi connectivity index (χ1) is 6.94. The van der Waals surface area contributed by atoms with Crippen molar-refractivity contribution in [3.05, 3.63) is 34.3 Å². The van der Waals surface area contributed by atoms with Crippen molar-refractivity contribution < 1.29 is 0 Å². The Morgan fingerprint density at radius 1 is 1.33 bits per heavy atom. The Morgan fingerprint density at radius 3 is 2.53 bits per heavy atom. The predicted molar refractivity (Wildman–Crippen MR) is 67.8 cm³/mol. The van der Waals surface area contributed by atoms with Crippen molar-refractivity contribution in [2.45, 2.75) is 32.9 Å². The van der Waals surface area contributed by atoms with Crippen LogP contribution in [-0.2, 0) is 6.54 Å². The molecule has 0 aliphatic heterocycles. The van der Waals surface area contributed by atoms with E-state index in [0.717, 1.165) is 17.1 Å². The van der Waals surface area contributed by atoms with Crippen LogP contribution in [0.1, 0.15) is 25.0 Å². The van der Waals surface area contributed by atoms with E-state index < -0.39 is 0 Å². The van der Waals surface area contributed by atoms with E-state index in [4.69, 9.17) is 23.2 Å². The molecular formula is C12H17Cl2N. The number of halogens is 2. The van der Waals surface area contributed by atoms with E-state index in [9.17, 15) is 0 Å². The van der Waals surface area contributed by atoms with Gasteiger partial charge in [0.25, 0.3) is 0 Å². The second-order valence-electron chi connectivity index (χ2n) is 4.45. The van der Waals surface area contributed by atoms with Crippen LogP contribution in [0.15, 0.2) is 18.2 Å². The van der Waals surface area contributed by atoms with Crippen LogP contribution in [-0.4, -0.2) is 11.4 Å². The lowest BCUT2D eigenvalue weighted by Gasteiger charge is -2.23. The summed E-state index contributed by atoms with van der Waals surface area (Å²) in [5.41, 5.74) is 2.31. The van der Waals surface area contributed by atoms with Gasteiger partial charge in [-0.1, -0.05) is 23.7 Å². The van der Waals surface area contributed by atoms with E-state index in [1.807, 2.05) is 19.1 Å². The van der Waals surface area contributed by atoms with Crippen molar-refractivity contribution >= 4 is 23.2 Å². The molecule has 0 radical (unpaired) electrons. The third-order valence-corrected chi connectivity index (χ3v) is 3.42. The van der Waals surface area contributed by atoms with Gasteiger partial charge in [0.15, 0.2) is 0 Å². The third kappa shape index (κ3) is 4.02. The van der Waals surface area contributed by atoms with Crippen molar-refractivity contribution in [3.8, 4) is 0 Å². The molecule has 1 rings (SSSR count). The number of hydrogen-bond acceptors (Lipinski definition) is 1. The van der Waals surface area contributed by atoms with E-state index in [2.05, 4.69) is 25.2 Å². The van der Waals surface area contributed by atoms with Crippen molar-refractivity contribution in [1.82, 2.24) is 5.32 Å². The van der Waals surface area contributed by atoms with E-state index in [0.29, 0.717) is 5.88 Å². The van der Waals surface area contributed by atoms with Crippen molar-refractivity contribution in [2.24, 2.45) is 0 Å². The fourth-order valence-electron chi connectivity index (χ4n) is 1.21. The summed E-state index contributed by atoms with van der Waals surface area (Å²) in [6.07, 6.45) is 0. The van der Waals surface area contributed by atoms with Gasteiger partial charge in [0, 0.05) is 23.0 Å². The van der Waals surface area contributed by atoms with Crippen LogP contribution in [0, 0.1) is 6.92 Å². The van der Waals surface area contributed by atoms with Gasteiger partial charge < -0.3 is 5.32 Å². The minimum atomic E-state index is -0.0326. The third-order valence-electron chi connectivity index (χ3n) is 2.33. The standard InChI is InChI=1S/C12H17Cl2N/c1-9-6-10(4-5-11(9)14)7-15-12(2,3)8-13/h4-6,15H,7-8H2,1-3H3. The average molecular weight is 246 g/mol. The van der Waals surface area contributed by atoms with E-state index in [1.165, 1.54) is 5.56 Å². The zero-order valence-electron chi connectivity index (χ0n) is 9.40. The Kier molecular flexibility index (Phi) is 4.45. The quantitative estimate of drug-likeness (QED) is 0.797. The van der Waals surface area contributed by atoms with Gasteiger partial charge in [0.1, 0.15) is 0 Å². The number of rotatable bonds is 4. The molecule has 0 unspecified atom stereocenters. The van der Waals surface area contributed by atoms with Crippen LogP contribution in [0.2, 0.25) is 5.02 Å². The van der Waals surface area contributed by atoms with E-state index >= 15 is 0 Å². The number of nitrogens with one attached hydrogen (secondary N) is 1. The number of aryl methyl sites for hydroxylation is 1. The normalized spacial score (nSPS) is 11.8. The second kappa shape index (κ2) is 5.20. The van der Waals surface area contributed by atoms with Crippen LogP contribution in [0.5, 0.6) is 0 Å². The zero-order chi connectivity index (χ0) is 11.5. The first-order valence-corrected chi connectivity index (χ1v) is 5.92. The zero-order valence-corrected chi connectivity index (χ0v) is 10.9. The van der Waals surface area contributed by atoms with Crippen LogP contribution >= 0.6 is 23.2 Å². The smallest absolute Gasteiger partial charge is 0.0435 e. The lowest BCUT2D eigenvalue weighted by Crippen LogP contribution is -2.40. The lowest BCUT2D eigenvalue weighted by atomic mass is 10.1. The molecule has 1 aromatic rings. The monoisotopic (exact) mass is 245 g/mol. The minimum absolute atomic E-state index is 0.0326. The van der Waals surface area contributed by atoms with Gasteiger partial charge in [-0.15, -0.1) is 11.6 Å². The lowest BCUT2D eigenvalue weighted by molar-refractivity contribution is 0.429. The fourth-order valence-corrected chi connectivity index (χ4v) is 1.42. The van der Waals surface area contributed by atoms with Gasteiger partial charge in [-0.3, -0.25) is 0 Å². The van der Waals surface area contributed by atoms with Crippen LogP contribution < -0.4 is 5.32 Å². The highest BCUT2D eigenvalue weighted by molar-refractivity contribution is 6.31. The Balaban J connectivity index is 2.62. The van der Waals surface area contributed by atoms with E-state index in [-0.39, 0.29) is 5.54 Å². The second-order valence-corrected chi connectivity index (χ2v) is 5.13. The summed E-state index contributed by atoms with van der Waals surface area (Å²) in [6, 6.07) is 6.06. The maximum absolute atomic E-state index is 5.96. The van der Waals surface area contributed by atoms with Gasteiger partial charge in [-0.05, 0) is 38.0 Å². The molecule has 1 nitrogen and oxygen atoms in total. The summed E-state index contributed by atoms with van der Waals surface area (Å²) in [5.74, 6) is 0.597.